The first-order chi connectivity index (χ1) is 25.3. The Morgan fingerprint density at radius 2 is 1.19 bits per heavy atom. The number of hydrogen-bond donors (Lipinski definition) is 1. The van der Waals surface area contributed by atoms with Crippen LogP contribution in [0.3, 0.4) is 0 Å². The van der Waals surface area contributed by atoms with Crippen LogP contribution >= 0.6 is 0 Å². The summed E-state index contributed by atoms with van der Waals surface area (Å²) in [6.07, 6.45) is 0.834. The van der Waals surface area contributed by atoms with Gasteiger partial charge >= 0.3 is 11.8 Å². The summed E-state index contributed by atoms with van der Waals surface area (Å²) in [5.41, 5.74) is 3.40. The Balaban J connectivity index is 1.38. The van der Waals surface area contributed by atoms with Crippen molar-refractivity contribution in [2.45, 2.75) is 55.9 Å². The van der Waals surface area contributed by atoms with Crippen molar-refractivity contribution >= 4 is 27.1 Å². The zero-order valence-corrected chi connectivity index (χ0v) is 29.6. The third kappa shape index (κ3) is 7.17. The Hall–Kier alpha value is -5.45. The summed E-state index contributed by atoms with van der Waals surface area (Å²) in [7, 11) is -4.25. The molecule has 1 aromatic heterocycles. The number of carboxylic acid groups (broad SMARTS) is 1. The molecule has 7 rings (SSSR count). The predicted octanol–water partition coefficient (Wildman–Crippen LogP) is 7.63. The summed E-state index contributed by atoms with van der Waals surface area (Å²) in [6.45, 7) is 1.13. The van der Waals surface area contributed by atoms with E-state index in [-0.39, 0.29) is 17.4 Å². The molecule has 266 valence electrons. The van der Waals surface area contributed by atoms with E-state index >= 15 is 0 Å². The first-order valence-electron chi connectivity index (χ1n) is 17.7. The number of likely N-dealkylation sites (tertiary alicyclic amines) is 1. The number of hydrogen-bond acceptors (Lipinski definition) is 5. The molecular formula is C42H42N4O5S. The molecule has 52 heavy (non-hydrogen) atoms. The van der Waals surface area contributed by atoms with E-state index in [4.69, 9.17) is 0 Å². The fourth-order valence-corrected chi connectivity index (χ4v) is 9.26. The predicted molar refractivity (Wildman–Crippen MR) is 202 cm³/mol. The standard InChI is InChI=1S/C42H42N4O5S/c47-41-45(38-26-13-14-27-39(38)46(41)52(50,51)35-23-11-4-12-24-35)37-28-29-44(42(48)49)40(36(37)25-15-22-32-16-5-1-6-17-32)43(30-33-18-7-2-8-19-33)31-34-20-9-3-10-21-34/h1-14,16-21,23-24,26-27,36-37,40H,15,22,25,28-31H2,(H,48,49)/t36?,37-,40-/m0/s1. The topological polar surface area (TPSA) is 105 Å². The normalized spacial score (nSPS) is 17.8. The van der Waals surface area contributed by atoms with Crippen molar-refractivity contribution in [1.82, 2.24) is 18.3 Å². The van der Waals surface area contributed by atoms with Crippen molar-refractivity contribution < 1.29 is 18.3 Å². The molecule has 1 aliphatic heterocycles. The number of imidazole rings is 1. The van der Waals surface area contributed by atoms with E-state index in [1.165, 1.54) is 22.6 Å². The first kappa shape index (κ1) is 35.0. The van der Waals surface area contributed by atoms with Gasteiger partial charge in [-0.3, -0.25) is 14.4 Å². The van der Waals surface area contributed by atoms with E-state index in [0.29, 0.717) is 37.0 Å². The Morgan fingerprint density at radius 1 is 0.692 bits per heavy atom. The third-order valence-corrected chi connectivity index (χ3v) is 11.8. The van der Waals surface area contributed by atoms with Gasteiger partial charge in [-0.05, 0) is 66.6 Å². The van der Waals surface area contributed by atoms with Crippen LogP contribution in [0.5, 0.6) is 0 Å². The molecule has 1 N–H and O–H groups in total. The summed E-state index contributed by atoms with van der Waals surface area (Å²) in [4.78, 5) is 31.7. The Kier molecular flexibility index (Phi) is 10.4. The van der Waals surface area contributed by atoms with Gasteiger partial charge < -0.3 is 5.11 Å². The van der Waals surface area contributed by atoms with Gasteiger partial charge in [0, 0.05) is 31.6 Å². The molecule has 1 fully saturated rings. The van der Waals surface area contributed by atoms with E-state index in [0.717, 1.165) is 27.9 Å². The van der Waals surface area contributed by atoms with E-state index in [9.17, 15) is 23.1 Å². The number of fused-ring (bicyclic) bond motifs is 1. The van der Waals surface area contributed by atoms with Gasteiger partial charge in [0.2, 0.25) is 0 Å². The fraction of sp³-hybridized carbons (Fsp3) is 0.238. The molecule has 0 spiro atoms. The molecule has 10 heteroatoms. The number of benzene rings is 5. The molecule has 0 radical (unpaired) electrons. The summed E-state index contributed by atoms with van der Waals surface area (Å²) in [5.74, 6) is -0.364. The highest BCUT2D eigenvalue weighted by atomic mass is 32.2. The van der Waals surface area contributed by atoms with Crippen LogP contribution in [-0.4, -0.2) is 50.7 Å². The van der Waals surface area contributed by atoms with Crippen LogP contribution in [0.25, 0.3) is 11.0 Å². The lowest BCUT2D eigenvalue weighted by Gasteiger charge is -2.49. The minimum atomic E-state index is -4.25. The van der Waals surface area contributed by atoms with E-state index < -0.39 is 34.0 Å². The molecule has 2 heterocycles. The first-order valence-corrected chi connectivity index (χ1v) is 19.1. The molecule has 5 aromatic carbocycles. The minimum absolute atomic E-state index is 0.0230. The maximum atomic E-state index is 14.7. The monoisotopic (exact) mass is 714 g/mol. The minimum Gasteiger partial charge on any atom is -0.465 e. The fourth-order valence-electron chi connectivity index (χ4n) is 7.85. The van der Waals surface area contributed by atoms with E-state index in [1.807, 2.05) is 84.9 Å². The maximum Gasteiger partial charge on any atom is 0.408 e. The Bertz CT molecular complexity index is 2240. The van der Waals surface area contributed by atoms with Gasteiger partial charge in [-0.15, -0.1) is 0 Å². The van der Waals surface area contributed by atoms with Crippen molar-refractivity contribution in [2.24, 2.45) is 5.92 Å². The third-order valence-electron chi connectivity index (χ3n) is 10.1. The summed E-state index contributed by atoms with van der Waals surface area (Å²) >= 11 is 0. The van der Waals surface area contributed by atoms with Crippen LogP contribution in [0, 0.1) is 5.92 Å². The molecule has 1 unspecified atom stereocenters. The van der Waals surface area contributed by atoms with Gasteiger partial charge in [0.25, 0.3) is 10.0 Å². The molecule has 9 nitrogen and oxygen atoms in total. The van der Waals surface area contributed by atoms with Crippen LogP contribution in [0.2, 0.25) is 0 Å². The molecule has 3 atom stereocenters. The van der Waals surface area contributed by atoms with Gasteiger partial charge in [0.1, 0.15) is 0 Å². The number of piperidine rings is 1. The van der Waals surface area contributed by atoms with Crippen molar-refractivity contribution in [3.05, 3.63) is 173 Å². The van der Waals surface area contributed by atoms with Crippen LogP contribution in [-0.2, 0) is 29.5 Å². The zero-order valence-electron chi connectivity index (χ0n) is 28.8. The lowest BCUT2D eigenvalue weighted by atomic mass is 9.83. The zero-order chi connectivity index (χ0) is 36.1. The SMILES string of the molecule is O=C(O)N1CC[C@H](n2c(=O)n(S(=O)(=O)c3ccccc3)c3ccccc32)C(CCCc2ccccc2)[C@H]1N(Cc1ccccc1)Cc1ccccc1. The number of aryl methyl sites for hydroxylation is 1. The van der Waals surface area contributed by atoms with Crippen molar-refractivity contribution in [3.8, 4) is 0 Å². The smallest absolute Gasteiger partial charge is 0.408 e. The molecule has 0 saturated carbocycles. The lowest BCUT2D eigenvalue weighted by Crippen LogP contribution is -2.59. The van der Waals surface area contributed by atoms with Gasteiger partial charge in [-0.1, -0.05) is 121 Å². The molecule has 6 aromatic rings. The quantitative estimate of drug-likeness (QED) is 0.140. The highest BCUT2D eigenvalue weighted by Crippen LogP contribution is 2.40. The summed E-state index contributed by atoms with van der Waals surface area (Å²) in [5, 5.41) is 10.8. The van der Waals surface area contributed by atoms with Gasteiger partial charge in [-0.2, -0.15) is 3.97 Å². The van der Waals surface area contributed by atoms with Gasteiger partial charge in [0.05, 0.1) is 22.1 Å². The highest BCUT2D eigenvalue weighted by molar-refractivity contribution is 7.90. The van der Waals surface area contributed by atoms with Gasteiger partial charge in [-0.25, -0.2) is 18.0 Å². The Labute approximate surface area is 304 Å². The maximum absolute atomic E-state index is 14.7. The number of amides is 1. The number of aromatic nitrogens is 2. The van der Waals surface area contributed by atoms with Gasteiger partial charge in [0.15, 0.2) is 0 Å². The largest absolute Gasteiger partial charge is 0.465 e. The van der Waals surface area contributed by atoms with Crippen LogP contribution in [0.4, 0.5) is 4.79 Å². The van der Waals surface area contributed by atoms with Crippen LogP contribution in [0.1, 0.15) is 42.0 Å². The second-order valence-electron chi connectivity index (χ2n) is 13.4. The van der Waals surface area contributed by atoms with Crippen molar-refractivity contribution in [3.63, 3.8) is 0 Å². The van der Waals surface area contributed by atoms with Crippen molar-refractivity contribution in [1.29, 1.82) is 0 Å². The Morgan fingerprint density at radius 3 is 1.75 bits per heavy atom. The van der Waals surface area contributed by atoms with Crippen molar-refractivity contribution in [2.75, 3.05) is 6.54 Å². The molecule has 0 aliphatic carbocycles. The van der Waals surface area contributed by atoms with E-state index in [2.05, 4.69) is 17.0 Å². The van der Waals surface area contributed by atoms with E-state index in [1.54, 1.807) is 41.0 Å². The molecule has 1 amide bonds. The van der Waals surface area contributed by atoms with Crippen LogP contribution < -0.4 is 5.69 Å². The lowest BCUT2D eigenvalue weighted by molar-refractivity contribution is -0.0492. The molecule has 1 saturated heterocycles. The highest BCUT2D eigenvalue weighted by Gasteiger charge is 2.45. The molecule has 0 bridgehead atoms. The summed E-state index contributed by atoms with van der Waals surface area (Å²) < 4.78 is 30.9. The van der Waals surface area contributed by atoms with Crippen LogP contribution in [0.15, 0.2) is 155 Å². The number of nitrogens with zero attached hydrogens (tertiary/aromatic N) is 4. The second-order valence-corrected chi connectivity index (χ2v) is 15.2. The second kappa shape index (κ2) is 15.4. The molecular weight excluding hydrogens is 673 g/mol. The number of para-hydroxylation sites is 2. The molecule has 1 aliphatic rings. The average Bonchev–Trinajstić information content (AvgIpc) is 3.48. The number of rotatable bonds is 12. The number of carbonyl (C=O) groups is 1. The summed E-state index contributed by atoms with van der Waals surface area (Å²) in [6, 6.07) is 44.7. The average molecular weight is 715 g/mol.